The molecule has 1 aliphatic rings. The molecule has 3 nitrogen and oxygen atoms in total. The number of rotatable bonds is 3. The molecule has 2 atom stereocenters. The Hall–Kier alpha value is -0.780. The fraction of sp³-hybridized carbons (Fsp3) is 0.889. The maximum atomic E-state index is 11.9. The summed E-state index contributed by atoms with van der Waals surface area (Å²) in [5.41, 5.74) is 0. The van der Waals surface area contributed by atoms with Gasteiger partial charge in [0.05, 0.1) is 6.10 Å². The van der Waals surface area contributed by atoms with E-state index in [1.54, 1.807) is 0 Å². The van der Waals surface area contributed by atoms with Gasteiger partial charge in [-0.25, -0.2) is 0 Å². The van der Waals surface area contributed by atoms with Crippen LogP contribution in [0.15, 0.2) is 0 Å². The summed E-state index contributed by atoms with van der Waals surface area (Å²) in [4.78, 5) is 10.4. The maximum absolute atomic E-state index is 11.9. The van der Waals surface area contributed by atoms with Crippen molar-refractivity contribution in [1.29, 1.82) is 0 Å². The van der Waals surface area contributed by atoms with Crippen molar-refractivity contribution in [1.82, 2.24) is 0 Å². The van der Waals surface area contributed by atoms with Crippen LogP contribution in [-0.2, 0) is 9.53 Å². The van der Waals surface area contributed by atoms with Crippen molar-refractivity contribution < 1.29 is 27.8 Å². The third-order valence-corrected chi connectivity index (χ3v) is 2.50. The summed E-state index contributed by atoms with van der Waals surface area (Å²) in [6.45, 7) is 0. The van der Waals surface area contributed by atoms with E-state index >= 15 is 0 Å². The third-order valence-electron chi connectivity index (χ3n) is 2.50. The summed E-state index contributed by atoms with van der Waals surface area (Å²) in [7, 11) is 0. The minimum absolute atomic E-state index is 0.0717. The lowest BCUT2D eigenvalue weighted by Gasteiger charge is -2.28. The smallest absolute Gasteiger partial charge is 0.481 e. The summed E-state index contributed by atoms with van der Waals surface area (Å²) < 4.78 is 39.6. The fourth-order valence-electron chi connectivity index (χ4n) is 1.97. The second-order valence-corrected chi connectivity index (χ2v) is 3.82. The predicted molar refractivity (Wildman–Crippen MR) is 45.1 cm³/mol. The van der Waals surface area contributed by atoms with Crippen LogP contribution in [0.1, 0.15) is 32.1 Å². The normalized spacial score (nSPS) is 27.7. The molecule has 0 radical (unpaired) electrons. The molecule has 1 fully saturated rings. The standard InChI is InChI=1S/C9H13F3O3/c10-9(11,12)15-7-3-1-2-6(4-7)5-8(13)14/h6-7H,1-5H2,(H,13,14). The molecule has 15 heavy (non-hydrogen) atoms. The molecule has 0 heterocycles. The average Bonchev–Trinajstić information content (AvgIpc) is 1.99. The first kappa shape index (κ1) is 12.3. The highest BCUT2D eigenvalue weighted by molar-refractivity contribution is 5.67. The number of aliphatic carboxylic acids is 1. The van der Waals surface area contributed by atoms with Crippen LogP contribution in [0.25, 0.3) is 0 Å². The molecule has 0 spiro atoms. The second kappa shape index (κ2) is 4.83. The van der Waals surface area contributed by atoms with Gasteiger partial charge in [0.25, 0.3) is 0 Å². The van der Waals surface area contributed by atoms with Crippen molar-refractivity contribution in [3.05, 3.63) is 0 Å². The Bertz CT molecular complexity index is 227. The van der Waals surface area contributed by atoms with E-state index in [-0.39, 0.29) is 18.8 Å². The molecule has 0 bridgehead atoms. The van der Waals surface area contributed by atoms with Gasteiger partial charge >= 0.3 is 12.3 Å². The van der Waals surface area contributed by atoms with E-state index in [1.165, 1.54) is 0 Å². The van der Waals surface area contributed by atoms with Crippen LogP contribution in [0.5, 0.6) is 0 Å². The molecule has 0 saturated heterocycles. The Kier molecular flexibility index (Phi) is 3.96. The van der Waals surface area contributed by atoms with Gasteiger partial charge in [0.2, 0.25) is 0 Å². The molecule has 2 unspecified atom stereocenters. The topological polar surface area (TPSA) is 46.5 Å². The summed E-state index contributed by atoms with van der Waals surface area (Å²) in [6.07, 6.45) is -3.75. The van der Waals surface area contributed by atoms with E-state index in [1.807, 2.05) is 0 Å². The Morgan fingerprint density at radius 1 is 1.40 bits per heavy atom. The quantitative estimate of drug-likeness (QED) is 0.804. The number of ether oxygens (including phenoxy) is 1. The zero-order valence-corrected chi connectivity index (χ0v) is 8.09. The van der Waals surface area contributed by atoms with Crippen LogP contribution < -0.4 is 0 Å². The lowest BCUT2D eigenvalue weighted by Crippen LogP contribution is -2.29. The SMILES string of the molecule is O=C(O)CC1CCCC(OC(F)(F)F)C1. The molecular weight excluding hydrogens is 213 g/mol. The van der Waals surface area contributed by atoms with Crippen LogP contribution >= 0.6 is 0 Å². The largest absolute Gasteiger partial charge is 0.522 e. The van der Waals surface area contributed by atoms with Gasteiger partial charge in [-0.3, -0.25) is 9.53 Å². The molecular formula is C9H13F3O3. The number of carboxylic acid groups (broad SMARTS) is 1. The van der Waals surface area contributed by atoms with E-state index < -0.39 is 18.4 Å². The second-order valence-electron chi connectivity index (χ2n) is 3.82. The molecule has 6 heteroatoms. The van der Waals surface area contributed by atoms with Crippen LogP contribution in [0.2, 0.25) is 0 Å². The number of halogens is 3. The lowest BCUT2D eigenvalue weighted by atomic mass is 9.85. The van der Waals surface area contributed by atoms with E-state index in [2.05, 4.69) is 4.74 Å². The Morgan fingerprint density at radius 2 is 2.07 bits per heavy atom. The van der Waals surface area contributed by atoms with Crippen LogP contribution in [0.3, 0.4) is 0 Å². The van der Waals surface area contributed by atoms with Gasteiger partial charge < -0.3 is 5.11 Å². The Labute approximate surface area is 85.2 Å². The zero-order valence-electron chi connectivity index (χ0n) is 8.09. The first-order valence-corrected chi connectivity index (χ1v) is 4.83. The molecule has 0 aliphatic heterocycles. The molecule has 1 aliphatic carbocycles. The summed E-state index contributed by atoms with van der Waals surface area (Å²) in [5.74, 6) is -1.16. The van der Waals surface area contributed by atoms with E-state index in [9.17, 15) is 18.0 Å². The molecule has 0 aromatic heterocycles. The minimum atomic E-state index is -4.62. The van der Waals surface area contributed by atoms with Crippen LogP contribution in [-0.4, -0.2) is 23.5 Å². The van der Waals surface area contributed by atoms with Crippen LogP contribution in [0, 0.1) is 5.92 Å². The highest BCUT2D eigenvalue weighted by Crippen LogP contribution is 2.32. The summed E-state index contributed by atoms with van der Waals surface area (Å²) in [5, 5.41) is 8.52. The van der Waals surface area contributed by atoms with Gasteiger partial charge in [0, 0.05) is 6.42 Å². The first-order chi connectivity index (χ1) is 6.87. The number of alkyl halides is 3. The molecule has 1 N–H and O–H groups in total. The van der Waals surface area contributed by atoms with Crippen molar-refractivity contribution in [2.45, 2.75) is 44.6 Å². The van der Waals surface area contributed by atoms with E-state index in [0.29, 0.717) is 19.3 Å². The molecule has 0 amide bonds. The van der Waals surface area contributed by atoms with Crippen molar-refractivity contribution in [2.75, 3.05) is 0 Å². The summed E-state index contributed by atoms with van der Waals surface area (Å²) in [6, 6.07) is 0. The number of hydrogen-bond acceptors (Lipinski definition) is 2. The highest BCUT2D eigenvalue weighted by atomic mass is 19.4. The van der Waals surface area contributed by atoms with Gasteiger partial charge in [-0.15, -0.1) is 13.2 Å². The molecule has 88 valence electrons. The van der Waals surface area contributed by atoms with Gasteiger partial charge in [0.15, 0.2) is 0 Å². The number of carboxylic acids is 1. The monoisotopic (exact) mass is 226 g/mol. The van der Waals surface area contributed by atoms with Crippen molar-refractivity contribution >= 4 is 5.97 Å². The average molecular weight is 226 g/mol. The third kappa shape index (κ3) is 5.01. The van der Waals surface area contributed by atoms with Crippen LogP contribution in [0.4, 0.5) is 13.2 Å². The Morgan fingerprint density at radius 3 is 2.60 bits per heavy atom. The summed E-state index contributed by atoms with van der Waals surface area (Å²) >= 11 is 0. The van der Waals surface area contributed by atoms with Gasteiger partial charge in [-0.1, -0.05) is 6.42 Å². The molecule has 1 saturated carbocycles. The Balaban J connectivity index is 2.38. The van der Waals surface area contributed by atoms with Crippen molar-refractivity contribution in [3.63, 3.8) is 0 Å². The minimum Gasteiger partial charge on any atom is -0.481 e. The predicted octanol–water partition coefficient (Wildman–Crippen LogP) is 2.56. The molecule has 0 aromatic carbocycles. The maximum Gasteiger partial charge on any atom is 0.522 e. The van der Waals surface area contributed by atoms with E-state index in [4.69, 9.17) is 5.11 Å². The lowest BCUT2D eigenvalue weighted by molar-refractivity contribution is -0.346. The zero-order chi connectivity index (χ0) is 11.5. The van der Waals surface area contributed by atoms with E-state index in [0.717, 1.165) is 0 Å². The highest BCUT2D eigenvalue weighted by Gasteiger charge is 2.36. The molecule has 0 aromatic rings. The van der Waals surface area contributed by atoms with Crippen molar-refractivity contribution in [3.8, 4) is 0 Å². The first-order valence-electron chi connectivity index (χ1n) is 4.83. The fourth-order valence-corrected chi connectivity index (χ4v) is 1.97. The van der Waals surface area contributed by atoms with Gasteiger partial charge in [0.1, 0.15) is 0 Å². The van der Waals surface area contributed by atoms with Gasteiger partial charge in [-0.05, 0) is 25.2 Å². The number of hydrogen-bond donors (Lipinski definition) is 1. The van der Waals surface area contributed by atoms with Crippen molar-refractivity contribution in [2.24, 2.45) is 5.92 Å². The number of carbonyl (C=O) groups is 1. The molecule has 1 rings (SSSR count). The van der Waals surface area contributed by atoms with Gasteiger partial charge in [-0.2, -0.15) is 0 Å².